The van der Waals surface area contributed by atoms with E-state index in [1.807, 2.05) is 23.3 Å². The Labute approximate surface area is 157 Å². The summed E-state index contributed by atoms with van der Waals surface area (Å²) < 4.78 is 65.0. The summed E-state index contributed by atoms with van der Waals surface area (Å²) in [6, 6.07) is 13.0. The number of nitrogens with one attached hydrogen (secondary N) is 2. The van der Waals surface area contributed by atoms with Crippen LogP contribution in [0, 0.1) is 13.8 Å². The summed E-state index contributed by atoms with van der Waals surface area (Å²) in [7, 11) is -8.78. The van der Waals surface area contributed by atoms with Crippen LogP contribution in [0.5, 0.6) is 0 Å². The average Bonchev–Trinajstić information content (AvgIpc) is 2.42. The fourth-order valence-corrected chi connectivity index (χ4v) is 2.38. The van der Waals surface area contributed by atoms with Crippen LogP contribution in [-0.2, 0) is 37.1 Å². The monoisotopic (exact) mass is 430 g/mol. The first-order chi connectivity index (χ1) is 10.9. The molecule has 8 nitrogen and oxygen atoms in total. The van der Waals surface area contributed by atoms with Gasteiger partial charge in [0.05, 0.1) is 0 Å². The number of rotatable bonds is 4. The fraction of sp³-hybridized carbons (Fsp3) is 0.143. The Bertz CT molecular complexity index is 791. The van der Waals surface area contributed by atoms with Crippen LogP contribution < -0.4 is 9.44 Å². The third-order valence-electron chi connectivity index (χ3n) is 2.59. The molecule has 0 fully saturated rings. The topological polar surface area (TPSA) is 138 Å². The van der Waals surface area contributed by atoms with Crippen molar-refractivity contribution in [2.75, 3.05) is 9.44 Å². The predicted octanol–water partition coefficient (Wildman–Crippen LogP) is 1.73. The van der Waals surface area contributed by atoms with Gasteiger partial charge in [-0.15, -0.1) is 0 Å². The number of hydrogen-bond donors (Lipinski definition) is 2. The molecular weight excluding hydrogens is 415 g/mol. The molecule has 2 aromatic carbocycles. The van der Waals surface area contributed by atoms with Gasteiger partial charge in [0, 0.05) is 11.4 Å². The fourth-order valence-electron chi connectivity index (χ4n) is 1.53. The van der Waals surface area contributed by atoms with E-state index in [9.17, 15) is 25.9 Å². The summed E-state index contributed by atoms with van der Waals surface area (Å²) in [5.41, 5.74) is 2.58. The van der Waals surface area contributed by atoms with E-state index in [0.717, 1.165) is 11.1 Å². The van der Waals surface area contributed by atoms with Crippen molar-refractivity contribution in [3.05, 3.63) is 59.7 Å². The zero-order valence-corrected chi connectivity index (χ0v) is 15.8. The van der Waals surface area contributed by atoms with Crippen LogP contribution in [0.4, 0.5) is 11.4 Å². The quantitative estimate of drug-likeness (QED) is 0.559. The Morgan fingerprint density at radius 3 is 1.08 bits per heavy atom. The van der Waals surface area contributed by atoms with Crippen molar-refractivity contribution in [1.82, 2.24) is 0 Å². The van der Waals surface area contributed by atoms with Gasteiger partial charge in [-0.05, 0) is 38.1 Å². The van der Waals surface area contributed by atoms with E-state index in [0.29, 0.717) is 0 Å². The van der Waals surface area contributed by atoms with Gasteiger partial charge in [-0.2, -0.15) is 0 Å². The van der Waals surface area contributed by atoms with Crippen molar-refractivity contribution in [2.24, 2.45) is 0 Å². The van der Waals surface area contributed by atoms with Gasteiger partial charge in [0.1, 0.15) is 0 Å². The van der Waals surface area contributed by atoms with E-state index >= 15 is 0 Å². The molecule has 11 heteroatoms. The van der Waals surface area contributed by atoms with Crippen molar-refractivity contribution < 1.29 is 42.4 Å². The molecule has 0 aliphatic carbocycles. The zero-order chi connectivity index (χ0) is 18.4. The van der Waals surface area contributed by atoms with E-state index < -0.39 is 20.6 Å². The molecule has 0 heterocycles. The molecule has 0 bridgehead atoms. The molecule has 0 saturated heterocycles. The molecule has 0 atom stereocenters. The van der Waals surface area contributed by atoms with Crippen LogP contribution in [0.2, 0.25) is 0 Å². The second kappa shape index (κ2) is 9.74. The summed E-state index contributed by atoms with van der Waals surface area (Å²) in [4.78, 5) is 0. The second-order valence-electron chi connectivity index (χ2n) is 4.84. The van der Waals surface area contributed by atoms with Crippen molar-refractivity contribution in [2.45, 2.75) is 13.8 Å². The van der Waals surface area contributed by atoms with Gasteiger partial charge in [0.15, 0.2) is 20.6 Å². The van der Waals surface area contributed by atoms with Crippen LogP contribution in [0.15, 0.2) is 48.5 Å². The van der Waals surface area contributed by atoms with Crippen LogP contribution >= 0.6 is 0 Å². The second-order valence-corrected chi connectivity index (χ2v) is 7.07. The van der Waals surface area contributed by atoms with E-state index in [-0.39, 0.29) is 27.9 Å². The van der Waals surface area contributed by atoms with Gasteiger partial charge in [-0.1, -0.05) is 35.4 Å². The van der Waals surface area contributed by atoms with E-state index in [1.54, 1.807) is 24.3 Å². The molecule has 0 amide bonds. The molecule has 2 aromatic rings. The van der Waals surface area contributed by atoms with Gasteiger partial charge < -0.3 is 9.11 Å². The predicted molar refractivity (Wildman–Crippen MR) is 89.0 cm³/mol. The average molecular weight is 431 g/mol. The van der Waals surface area contributed by atoms with Gasteiger partial charge in [-0.3, -0.25) is 9.44 Å². The molecular formula is C14H16N2NiO6S2. The standard InChI is InChI=1S/2C7H9NO3S.Ni/c2*1-6-2-4-7(5-3-6)8-12(9,10)11;/h2*2-5,8H,1H3,(H,9,10,11);/q;;+2/p-2. The maximum absolute atomic E-state index is 10.2. The molecule has 0 unspecified atom stereocenters. The van der Waals surface area contributed by atoms with Crippen molar-refractivity contribution in [3.8, 4) is 0 Å². The smallest absolute Gasteiger partial charge is 0.731 e. The minimum atomic E-state index is -4.39. The molecule has 2 N–H and O–H groups in total. The Hall–Kier alpha value is -1.65. The Kier molecular flexibility index (Phi) is 9.10. The third-order valence-corrected chi connectivity index (χ3v) is 3.56. The summed E-state index contributed by atoms with van der Waals surface area (Å²) >= 11 is 0. The summed E-state index contributed by atoms with van der Waals surface area (Å²) in [6.07, 6.45) is 0. The number of hydrogen-bond acceptors (Lipinski definition) is 6. The number of anilines is 2. The van der Waals surface area contributed by atoms with Crippen molar-refractivity contribution in [3.63, 3.8) is 0 Å². The zero-order valence-electron chi connectivity index (χ0n) is 13.2. The van der Waals surface area contributed by atoms with Gasteiger partial charge in [0.2, 0.25) is 0 Å². The molecule has 140 valence electrons. The molecule has 2 rings (SSSR count). The minimum absolute atomic E-state index is 0. The normalized spacial score (nSPS) is 10.7. The van der Waals surface area contributed by atoms with Crippen LogP contribution in [0.25, 0.3) is 0 Å². The van der Waals surface area contributed by atoms with Crippen molar-refractivity contribution in [1.29, 1.82) is 0 Å². The summed E-state index contributed by atoms with van der Waals surface area (Å²) in [6.45, 7) is 3.74. The summed E-state index contributed by atoms with van der Waals surface area (Å²) in [5.74, 6) is 0. The van der Waals surface area contributed by atoms with E-state index in [4.69, 9.17) is 0 Å². The molecule has 25 heavy (non-hydrogen) atoms. The van der Waals surface area contributed by atoms with Crippen molar-refractivity contribution >= 4 is 32.0 Å². The molecule has 0 saturated carbocycles. The molecule has 0 spiro atoms. The van der Waals surface area contributed by atoms with Crippen LogP contribution in [0.3, 0.4) is 0 Å². The molecule has 0 radical (unpaired) electrons. The Morgan fingerprint density at radius 1 is 0.640 bits per heavy atom. The SMILES string of the molecule is Cc1ccc(NS(=O)(=O)[O-])cc1.Cc1ccc(NS(=O)(=O)[O-])cc1.[Ni+2]. The third kappa shape index (κ3) is 11.5. The minimum Gasteiger partial charge on any atom is -0.731 e. The molecule has 0 aliphatic heterocycles. The van der Waals surface area contributed by atoms with Gasteiger partial charge >= 0.3 is 16.5 Å². The van der Waals surface area contributed by atoms with E-state index in [2.05, 4.69) is 0 Å². The maximum Gasteiger partial charge on any atom is 2.00 e. The summed E-state index contributed by atoms with van der Waals surface area (Å²) in [5, 5.41) is 0. The largest absolute Gasteiger partial charge is 2.00 e. The maximum atomic E-state index is 10.2. The first-order valence-corrected chi connectivity index (χ1v) is 9.37. The number of aryl methyl sites for hydroxylation is 2. The van der Waals surface area contributed by atoms with Gasteiger partial charge in [0.25, 0.3) is 0 Å². The number of benzene rings is 2. The van der Waals surface area contributed by atoms with E-state index in [1.165, 1.54) is 24.3 Å². The Morgan fingerprint density at radius 2 is 0.880 bits per heavy atom. The first-order valence-electron chi connectivity index (χ1n) is 6.55. The van der Waals surface area contributed by atoms with Gasteiger partial charge in [-0.25, -0.2) is 16.8 Å². The Balaban J connectivity index is 0.000000443. The molecule has 0 aromatic heterocycles. The van der Waals surface area contributed by atoms with Crippen LogP contribution in [-0.4, -0.2) is 25.9 Å². The molecule has 0 aliphatic rings. The first kappa shape index (κ1) is 23.4. The van der Waals surface area contributed by atoms with Crippen LogP contribution in [0.1, 0.15) is 11.1 Å².